The fraction of sp³-hybridized carbons (Fsp3) is 0.364. The Morgan fingerprint density at radius 1 is 1.36 bits per heavy atom. The first-order valence-electron chi connectivity index (χ1n) is 5.08. The minimum absolute atomic E-state index is 0.213. The van der Waals surface area contributed by atoms with E-state index in [2.05, 4.69) is 24.3 Å². The predicted octanol–water partition coefficient (Wildman–Crippen LogP) is 0.283. The fourth-order valence-electron chi connectivity index (χ4n) is 2.50. The first-order valence-corrected chi connectivity index (χ1v) is 5.08. The van der Waals surface area contributed by atoms with E-state index in [-0.39, 0.29) is 6.03 Å². The molecule has 3 heteroatoms. The van der Waals surface area contributed by atoms with Gasteiger partial charge in [-0.15, -0.1) is 0 Å². The molecule has 72 valence electrons. The Hall–Kier alpha value is -1.35. The minimum Gasteiger partial charge on any atom is -0.279 e. The lowest BCUT2D eigenvalue weighted by Gasteiger charge is -2.27. The molecule has 1 aromatic carbocycles. The van der Waals surface area contributed by atoms with E-state index in [1.807, 2.05) is 10.2 Å². The Morgan fingerprint density at radius 3 is 3.14 bits per heavy atom. The zero-order valence-corrected chi connectivity index (χ0v) is 7.94. The molecule has 3 nitrogen and oxygen atoms in total. The molecule has 0 saturated carbocycles. The van der Waals surface area contributed by atoms with E-state index in [0.29, 0.717) is 6.04 Å². The third-order valence-corrected chi connectivity index (χ3v) is 3.21. The quantitative estimate of drug-likeness (QED) is 0.625. The van der Waals surface area contributed by atoms with Crippen molar-refractivity contribution in [1.29, 1.82) is 0 Å². The summed E-state index contributed by atoms with van der Waals surface area (Å²) in [6.07, 6.45) is 1.01. The van der Waals surface area contributed by atoms with Crippen LogP contribution < -0.4 is 5.32 Å². The molecule has 1 atom stereocenters. The van der Waals surface area contributed by atoms with Gasteiger partial charge in [0.05, 0.1) is 0 Å². The van der Waals surface area contributed by atoms with Gasteiger partial charge in [0.2, 0.25) is 0 Å². The molecule has 2 N–H and O–H groups in total. The summed E-state index contributed by atoms with van der Waals surface area (Å²) in [7, 11) is 0. The Labute approximate surface area is 82.7 Å². The first-order chi connectivity index (χ1) is 6.86. The number of rotatable bonds is 0. The lowest BCUT2D eigenvalue weighted by atomic mass is 9.94. The molecule has 2 aliphatic rings. The van der Waals surface area contributed by atoms with Crippen molar-refractivity contribution in [3.8, 4) is 0 Å². The second kappa shape index (κ2) is 2.82. The maximum Gasteiger partial charge on any atom is 0.416 e. The van der Waals surface area contributed by atoms with Crippen molar-refractivity contribution >= 4 is 6.03 Å². The van der Waals surface area contributed by atoms with Crippen molar-refractivity contribution in [3.05, 3.63) is 35.4 Å². The summed E-state index contributed by atoms with van der Waals surface area (Å²) < 4.78 is 0. The van der Waals surface area contributed by atoms with Gasteiger partial charge in [0.25, 0.3) is 0 Å². The Bertz CT molecular complexity index is 389. The molecule has 3 rings (SSSR count). The number of fused-ring (bicyclic) bond motifs is 3. The molecule has 2 heterocycles. The number of primary amides is 1. The van der Waals surface area contributed by atoms with E-state index >= 15 is 0 Å². The van der Waals surface area contributed by atoms with E-state index in [0.717, 1.165) is 19.5 Å². The van der Waals surface area contributed by atoms with Crippen molar-refractivity contribution < 1.29 is 10.1 Å². The van der Waals surface area contributed by atoms with E-state index in [4.69, 9.17) is 0 Å². The van der Waals surface area contributed by atoms with Gasteiger partial charge in [-0.2, -0.15) is 0 Å². The van der Waals surface area contributed by atoms with E-state index in [1.54, 1.807) is 0 Å². The normalized spacial score (nSPS) is 24.7. The van der Waals surface area contributed by atoms with Crippen molar-refractivity contribution in [2.45, 2.75) is 12.5 Å². The van der Waals surface area contributed by atoms with Gasteiger partial charge >= 0.3 is 6.03 Å². The number of hydrogen-bond donors (Lipinski definition) is 1. The van der Waals surface area contributed by atoms with Crippen LogP contribution in [0.25, 0.3) is 0 Å². The molecule has 1 unspecified atom stereocenters. The number of urea groups is 1. The molecule has 1 aromatic rings. The third-order valence-electron chi connectivity index (χ3n) is 3.21. The zero-order chi connectivity index (χ0) is 9.54. The standard InChI is InChI=1S/C11H12N2O/c14-11-12-7-10-9-4-2-1-3-8(9)5-6-13(10)11/h1-4,10H,5-7H2,(H,12,14)/p+1. The highest BCUT2D eigenvalue weighted by Gasteiger charge is 2.39. The summed E-state index contributed by atoms with van der Waals surface area (Å²) in [5, 5.41) is 1.81. The molecule has 1 saturated heterocycles. The van der Waals surface area contributed by atoms with Gasteiger partial charge in [-0.05, 0) is 17.5 Å². The molecule has 2 amide bonds. The molecule has 2 aliphatic heterocycles. The summed E-state index contributed by atoms with van der Waals surface area (Å²) >= 11 is 0. The highest BCUT2D eigenvalue weighted by Crippen LogP contribution is 2.29. The average Bonchev–Trinajstić information content (AvgIpc) is 2.61. The van der Waals surface area contributed by atoms with Crippen LogP contribution in [0.1, 0.15) is 17.2 Å². The van der Waals surface area contributed by atoms with Crippen LogP contribution in [0.15, 0.2) is 24.3 Å². The summed E-state index contributed by atoms with van der Waals surface area (Å²) in [6.45, 7) is 1.77. The van der Waals surface area contributed by atoms with E-state index < -0.39 is 0 Å². The maximum atomic E-state index is 11.5. The predicted molar refractivity (Wildman–Crippen MR) is 51.8 cm³/mol. The maximum absolute atomic E-state index is 11.5. The highest BCUT2D eigenvalue weighted by atomic mass is 16.2. The fourth-order valence-corrected chi connectivity index (χ4v) is 2.50. The van der Waals surface area contributed by atoms with Gasteiger partial charge in [-0.1, -0.05) is 24.3 Å². The SMILES string of the molecule is O=C1[NH2+]CC2c3ccccc3CCN12. The summed E-state index contributed by atoms with van der Waals surface area (Å²) in [4.78, 5) is 13.5. The van der Waals surface area contributed by atoms with Crippen molar-refractivity contribution in [2.24, 2.45) is 0 Å². The number of carbonyl (C=O) groups is 1. The zero-order valence-electron chi connectivity index (χ0n) is 7.94. The van der Waals surface area contributed by atoms with Gasteiger partial charge in [-0.25, -0.2) is 4.79 Å². The van der Waals surface area contributed by atoms with Crippen LogP contribution in [0.3, 0.4) is 0 Å². The lowest BCUT2D eigenvalue weighted by molar-refractivity contribution is -0.543. The molecule has 0 radical (unpaired) electrons. The first kappa shape index (κ1) is 8.00. The van der Waals surface area contributed by atoms with Crippen LogP contribution >= 0.6 is 0 Å². The van der Waals surface area contributed by atoms with Crippen LogP contribution in [-0.2, 0) is 6.42 Å². The largest absolute Gasteiger partial charge is 0.416 e. The number of carbonyl (C=O) groups excluding carboxylic acids is 1. The van der Waals surface area contributed by atoms with Gasteiger partial charge in [0.15, 0.2) is 0 Å². The Kier molecular flexibility index (Phi) is 1.61. The van der Waals surface area contributed by atoms with E-state index in [9.17, 15) is 4.79 Å². The number of nitrogens with two attached hydrogens (primary N) is 1. The molecule has 14 heavy (non-hydrogen) atoms. The van der Waals surface area contributed by atoms with Gasteiger partial charge in [0.1, 0.15) is 12.6 Å². The Morgan fingerprint density at radius 2 is 2.21 bits per heavy atom. The number of amides is 2. The third kappa shape index (κ3) is 0.990. The minimum atomic E-state index is 0.213. The number of quaternary nitrogens is 1. The van der Waals surface area contributed by atoms with Crippen LogP contribution in [0.5, 0.6) is 0 Å². The Balaban J connectivity index is 2.07. The van der Waals surface area contributed by atoms with Crippen LogP contribution in [0, 0.1) is 0 Å². The van der Waals surface area contributed by atoms with Crippen molar-refractivity contribution in [1.82, 2.24) is 4.90 Å². The number of nitrogens with zero attached hydrogens (tertiary/aromatic N) is 1. The van der Waals surface area contributed by atoms with Crippen LogP contribution in [0.2, 0.25) is 0 Å². The topological polar surface area (TPSA) is 36.9 Å². The van der Waals surface area contributed by atoms with Gasteiger partial charge < -0.3 is 0 Å². The highest BCUT2D eigenvalue weighted by molar-refractivity contribution is 5.67. The number of hydrogen-bond acceptors (Lipinski definition) is 1. The van der Waals surface area contributed by atoms with Crippen LogP contribution in [-0.4, -0.2) is 24.0 Å². The van der Waals surface area contributed by atoms with Crippen LogP contribution in [0.4, 0.5) is 4.79 Å². The van der Waals surface area contributed by atoms with E-state index in [1.165, 1.54) is 11.1 Å². The number of benzene rings is 1. The molecule has 0 bridgehead atoms. The summed E-state index contributed by atoms with van der Waals surface area (Å²) in [5.74, 6) is 0. The average molecular weight is 189 g/mol. The van der Waals surface area contributed by atoms with Crippen molar-refractivity contribution in [2.75, 3.05) is 13.1 Å². The molecule has 0 spiro atoms. The second-order valence-corrected chi connectivity index (χ2v) is 3.94. The molecular formula is C11H13N2O+. The smallest absolute Gasteiger partial charge is 0.279 e. The second-order valence-electron chi connectivity index (χ2n) is 3.94. The lowest BCUT2D eigenvalue weighted by Crippen LogP contribution is -2.85. The summed E-state index contributed by atoms with van der Waals surface area (Å²) in [6, 6.07) is 9.01. The molecular weight excluding hydrogens is 176 g/mol. The molecule has 1 fully saturated rings. The molecule has 0 aliphatic carbocycles. The summed E-state index contributed by atoms with van der Waals surface area (Å²) in [5.41, 5.74) is 2.76. The van der Waals surface area contributed by atoms with Gasteiger partial charge in [-0.3, -0.25) is 10.2 Å². The monoisotopic (exact) mass is 189 g/mol. The molecule has 0 aromatic heterocycles. The van der Waals surface area contributed by atoms with Gasteiger partial charge in [0, 0.05) is 6.54 Å². The van der Waals surface area contributed by atoms with Crippen molar-refractivity contribution in [3.63, 3.8) is 0 Å².